The summed E-state index contributed by atoms with van der Waals surface area (Å²) < 4.78 is 5.97. The van der Waals surface area contributed by atoms with E-state index in [1.807, 2.05) is 38.4 Å². The highest BCUT2D eigenvalue weighted by atomic mass is 16.3. The summed E-state index contributed by atoms with van der Waals surface area (Å²) in [6.45, 7) is 5.73. The molecule has 156 valence electrons. The second-order valence-electron chi connectivity index (χ2n) is 8.55. The lowest BCUT2D eigenvalue weighted by atomic mass is 9.95. The van der Waals surface area contributed by atoms with Crippen LogP contribution in [0.15, 0.2) is 57.7 Å². The summed E-state index contributed by atoms with van der Waals surface area (Å²) >= 11 is 0. The molecule has 4 rings (SSSR count). The van der Waals surface area contributed by atoms with Crippen molar-refractivity contribution in [3.05, 3.63) is 81.2 Å². The van der Waals surface area contributed by atoms with Crippen LogP contribution in [0.3, 0.4) is 0 Å². The Morgan fingerprint density at radius 1 is 1.03 bits per heavy atom. The van der Waals surface area contributed by atoms with E-state index in [0.717, 1.165) is 18.5 Å². The molecule has 0 saturated heterocycles. The monoisotopic (exact) mass is 404 g/mol. The van der Waals surface area contributed by atoms with Crippen LogP contribution in [-0.4, -0.2) is 42.9 Å². The van der Waals surface area contributed by atoms with Crippen LogP contribution in [0.25, 0.3) is 11.0 Å². The highest BCUT2D eigenvalue weighted by molar-refractivity contribution is 5.99. The zero-order valence-corrected chi connectivity index (χ0v) is 18.0. The molecule has 0 unspecified atom stereocenters. The Bertz CT molecular complexity index is 1130. The topological polar surface area (TPSA) is 53.8 Å². The van der Waals surface area contributed by atoms with E-state index in [4.69, 9.17) is 4.42 Å². The lowest BCUT2D eigenvalue weighted by molar-refractivity contribution is 0.0722. The maximum absolute atomic E-state index is 13.4. The molecule has 1 aliphatic heterocycles. The van der Waals surface area contributed by atoms with E-state index in [2.05, 4.69) is 30.9 Å². The van der Waals surface area contributed by atoms with Crippen molar-refractivity contribution >= 4 is 16.9 Å². The fraction of sp³-hybridized carbons (Fsp3) is 0.360. The molecular formula is C25H28N2O3. The van der Waals surface area contributed by atoms with Gasteiger partial charge in [0, 0.05) is 6.54 Å². The predicted octanol–water partition coefficient (Wildman–Crippen LogP) is 4.41. The van der Waals surface area contributed by atoms with Crippen molar-refractivity contribution in [2.75, 3.05) is 27.2 Å². The van der Waals surface area contributed by atoms with Gasteiger partial charge in [-0.05, 0) is 56.2 Å². The molecule has 3 aromatic rings. The minimum atomic E-state index is -0.420. The molecule has 1 atom stereocenters. The molecule has 5 heteroatoms. The van der Waals surface area contributed by atoms with Gasteiger partial charge in [0.25, 0.3) is 5.91 Å². The van der Waals surface area contributed by atoms with Gasteiger partial charge in [-0.1, -0.05) is 50.2 Å². The molecule has 1 amide bonds. The predicted molar refractivity (Wildman–Crippen MR) is 119 cm³/mol. The molecular weight excluding hydrogens is 376 g/mol. The molecule has 1 aliphatic rings. The molecule has 0 aliphatic carbocycles. The number of nitrogens with zero attached hydrogens (tertiary/aromatic N) is 2. The normalized spacial score (nSPS) is 16.1. The highest BCUT2D eigenvalue weighted by Crippen LogP contribution is 2.38. The van der Waals surface area contributed by atoms with Crippen LogP contribution in [0.4, 0.5) is 0 Å². The van der Waals surface area contributed by atoms with Crippen LogP contribution in [0.2, 0.25) is 0 Å². The number of para-hydroxylation sites is 1. The number of rotatable bonds is 6. The van der Waals surface area contributed by atoms with Crippen molar-refractivity contribution in [1.29, 1.82) is 0 Å². The SMILES string of the molecule is CC(C)c1ccc([C@@H]2c3c(oc4ccccc4c3=O)C(=O)N2CCCN(C)C)cc1. The second-order valence-corrected chi connectivity index (χ2v) is 8.55. The average molecular weight is 405 g/mol. The van der Waals surface area contributed by atoms with Crippen LogP contribution >= 0.6 is 0 Å². The Labute approximate surface area is 176 Å². The van der Waals surface area contributed by atoms with Crippen molar-refractivity contribution in [3.63, 3.8) is 0 Å². The maximum Gasteiger partial charge on any atom is 0.290 e. The lowest BCUT2D eigenvalue weighted by Gasteiger charge is -2.26. The minimum absolute atomic E-state index is 0.117. The number of hydrogen-bond donors (Lipinski definition) is 0. The molecule has 0 bridgehead atoms. The van der Waals surface area contributed by atoms with Crippen molar-refractivity contribution in [1.82, 2.24) is 9.80 Å². The largest absolute Gasteiger partial charge is 0.450 e. The van der Waals surface area contributed by atoms with E-state index in [-0.39, 0.29) is 17.1 Å². The Kier molecular flexibility index (Phi) is 5.48. The number of amides is 1. The van der Waals surface area contributed by atoms with Gasteiger partial charge >= 0.3 is 0 Å². The first-order chi connectivity index (χ1) is 14.4. The smallest absolute Gasteiger partial charge is 0.290 e. The molecule has 2 aromatic carbocycles. The standard InChI is InChI=1S/C25H28N2O3/c1-16(2)17-10-12-18(13-11-17)22-21-23(28)19-8-5-6-9-20(19)30-24(21)25(29)27(22)15-7-14-26(3)4/h5-6,8-13,16,22H,7,14-15H2,1-4H3/t22-/m1/s1. The molecule has 0 N–H and O–H groups in total. The van der Waals surface area contributed by atoms with Crippen LogP contribution in [0.1, 0.15) is 59.5 Å². The Morgan fingerprint density at radius 3 is 2.40 bits per heavy atom. The molecule has 30 heavy (non-hydrogen) atoms. The Hall–Kier alpha value is -2.92. The summed E-state index contributed by atoms with van der Waals surface area (Å²) in [5.41, 5.74) is 2.97. The third-order valence-corrected chi connectivity index (χ3v) is 5.80. The van der Waals surface area contributed by atoms with E-state index >= 15 is 0 Å². The number of carbonyl (C=O) groups excluding carboxylic acids is 1. The average Bonchev–Trinajstić information content (AvgIpc) is 3.00. The zero-order chi connectivity index (χ0) is 21.4. The number of fused-ring (bicyclic) bond motifs is 2. The summed E-state index contributed by atoms with van der Waals surface area (Å²) in [7, 11) is 4.03. The summed E-state index contributed by atoms with van der Waals surface area (Å²) in [6.07, 6.45) is 0.820. The van der Waals surface area contributed by atoms with E-state index in [1.54, 1.807) is 17.0 Å². The quantitative estimate of drug-likeness (QED) is 0.611. The second kappa shape index (κ2) is 8.07. The van der Waals surface area contributed by atoms with E-state index in [1.165, 1.54) is 5.56 Å². The molecule has 0 saturated carbocycles. The van der Waals surface area contributed by atoms with Gasteiger partial charge in [0.05, 0.1) is 17.0 Å². The lowest BCUT2D eigenvalue weighted by Crippen LogP contribution is -2.32. The molecule has 5 nitrogen and oxygen atoms in total. The van der Waals surface area contributed by atoms with E-state index in [0.29, 0.717) is 29.0 Å². The van der Waals surface area contributed by atoms with Gasteiger partial charge in [-0.2, -0.15) is 0 Å². The van der Waals surface area contributed by atoms with Crippen molar-refractivity contribution < 1.29 is 9.21 Å². The first-order valence-corrected chi connectivity index (χ1v) is 10.5. The Balaban J connectivity index is 1.84. The zero-order valence-electron chi connectivity index (χ0n) is 18.0. The minimum Gasteiger partial charge on any atom is -0.450 e. The van der Waals surface area contributed by atoms with Crippen LogP contribution in [0.5, 0.6) is 0 Å². The molecule has 0 radical (unpaired) electrons. The van der Waals surface area contributed by atoms with Crippen molar-refractivity contribution in [3.8, 4) is 0 Å². The third kappa shape index (κ3) is 3.54. The number of hydrogen-bond acceptors (Lipinski definition) is 4. The maximum atomic E-state index is 13.4. The van der Waals surface area contributed by atoms with Gasteiger partial charge < -0.3 is 14.2 Å². The Morgan fingerprint density at radius 2 is 1.73 bits per heavy atom. The highest BCUT2D eigenvalue weighted by Gasteiger charge is 2.42. The first-order valence-electron chi connectivity index (χ1n) is 10.5. The number of carbonyl (C=O) groups is 1. The van der Waals surface area contributed by atoms with Gasteiger partial charge in [-0.25, -0.2) is 0 Å². The van der Waals surface area contributed by atoms with Gasteiger partial charge in [0.2, 0.25) is 5.76 Å². The fourth-order valence-electron chi connectivity index (χ4n) is 4.16. The summed E-state index contributed by atoms with van der Waals surface area (Å²) in [5.74, 6) is 0.396. The summed E-state index contributed by atoms with van der Waals surface area (Å²) in [5, 5.41) is 0.517. The third-order valence-electron chi connectivity index (χ3n) is 5.80. The van der Waals surface area contributed by atoms with Crippen molar-refractivity contribution in [2.24, 2.45) is 0 Å². The van der Waals surface area contributed by atoms with Crippen molar-refractivity contribution in [2.45, 2.75) is 32.2 Å². The summed E-state index contributed by atoms with van der Waals surface area (Å²) in [6, 6.07) is 15.0. The molecule has 1 aromatic heterocycles. The van der Waals surface area contributed by atoms with Crippen LogP contribution < -0.4 is 5.43 Å². The van der Waals surface area contributed by atoms with Gasteiger partial charge in [0.1, 0.15) is 5.58 Å². The molecule has 0 fully saturated rings. The molecule has 2 heterocycles. The fourth-order valence-corrected chi connectivity index (χ4v) is 4.16. The van der Waals surface area contributed by atoms with Crippen LogP contribution in [0, 0.1) is 0 Å². The first kappa shape index (κ1) is 20.4. The van der Waals surface area contributed by atoms with E-state index in [9.17, 15) is 9.59 Å². The van der Waals surface area contributed by atoms with Crippen LogP contribution in [-0.2, 0) is 0 Å². The molecule has 0 spiro atoms. The summed E-state index contributed by atoms with van der Waals surface area (Å²) in [4.78, 5) is 30.6. The van der Waals surface area contributed by atoms with Gasteiger partial charge in [-0.3, -0.25) is 9.59 Å². The van der Waals surface area contributed by atoms with E-state index < -0.39 is 6.04 Å². The number of benzene rings is 2. The van der Waals surface area contributed by atoms with Gasteiger partial charge in [0.15, 0.2) is 5.43 Å². The van der Waals surface area contributed by atoms with Gasteiger partial charge in [-0.15, -0.1) is 0 Å².